The number of para-hydroxylation sites is 1. The number of benzene rings is 2. The first-order valence-electron chi connectivity index (χ1n) is 7.79. The number of aromatic nitrogens is 3. The monoisotopic (exact) mass is 368 g/mol. The predicted molar refractivity (Wildman–Crippen MR) is 94.7 cm³/mol. The molecule has 4 rings (SSSR count). The molecule has 7 nitrogen and oxygen atoms in total. The van der Waals surface area contributed by atoms with E-state index in [2.05, 4.69) is 10.1 Å². The van der Waals surface area contributed by atoms with Gasteiger partial charge in [-0.3, -0.25) is 4.79 Å². The minimum Gasteiger partial charge on any atom is -0.463 e. The number of carbonyl (C=O) groups is 2. The molecule has 0 unspecified atom stereocenters. The van der Waals surface area contributed by atoms with Crippen LogP contribution in [0.1, 0.15) is 26.8 Å². The fraction of sp³-hybridized carbons (Fsp3) is 0.111. The third kappa shape index (κ3) is 2.62. The van der Waals surface area contributed by atoms with Crippen LogP contribution >= 0.6 is 11.6 Å². The molecule has 8 heteroatoms. The van der Waals surface area contributed by atoms with Crippen molar-refractivity contribution in [1.29, 1.82) is 0 Å². The second-order valence-electron chi connectivity index (χ2n) is 5.64. The third-order valence-corrected chi connectivity index (χ3v) is 4.31. The van der Waals surface area contributed by atoms with Crippen molar-refractivity contribution in [3.8, 4) is 5.69 Å². The lowest BCUT2D eigenvalue weighted by atomic mass is 10.1. The van der Waals surface area contributed by atoms with Gasteiger partial charge < -0.3 is 9.64 Å². The fourth-order valence-electron chi connectivity index (χ4n) is 2.86. The summed E-state index contributed by atoms with van der Waals surface area (Å²) in [6.07, 6.45) is 0. The van der Waals surface area contributed by atoms with Crippen molar-refractivity contribution < 1.29 is 14.3 Å². The zero-order valence-corrected chi connectivity index (χ0v) is 14.5. The van der Waals surface area contributed by atoms with Gasteiger partial charge in [-0.25, -0.2) is 14.5 Å². The first-order valence-corrected chi connectivity index (χ1v) is 8.17. The number of halogens is 1. The van der Waals surface area contributed by atoms with Crippen molar-refractivity contribution in [3.05, 3.63) is 70.8 Å². The molecule has 0 saturated carbocycles. The van der Waals surface area contributed by atoms with Gasteiger partial charge >= 0.3 is 5.97 Å². The summed E-state index contributed by atoms with van der Waals surface area (Å²) < 4.78 is 6.19. The molecule has 1 aromatic heterocycles. The Bertz CT molecular complexity index is 1020. The van der Waals surface area contributed by atoms with E-state index < -0.39 is 5.97 Å². The molecule has 0 fully saturated rings. The van der Waals surface area contributed by atoms with Crippen LogP contribution in [0.5, 0.6) is 0 Å². The van der Waals surface area contributed by atoms with Crippen molar-refractivity contribution in [1.82, 2.24) is 14.8 Å². The van der Waals surface area contributed by atoms with Crippen LogP contribution in [-0.2, 0) is 11.3 Å². The second kappa shape index (κ2) is 6.27. The summed E-state index contributed by atoms with van der Waals surface area (Å²) in [6.45, 7) is 0.152. The number of anilines is 1. The summed E-state index contributed by atoms with van der Waals surface area (Å²) in [5, 5.41) is 4.66. The van der Waals surface area contributed by atoms with E-state index in [1.807, 2.05) is 30.3 Å². The quantitative estimate of drug-likeness (QED) is 0.650. The van der Waals surface area contributed by atoms with Crippen LogP contribution in [0, 0.1) is 0 Å². The minimum atomic E-state index is -0.640. The van der Waals surface area contributed by atoms with Gasteiger partial charge in [0, 0.05) is 10.7 Å². The Morgan fingerprint density at radius 1 is 1.19 bits per heavy atom. The van der Waals surface area contributed by atoms with Crippen LogP contribution < -0.4 is 4.90 Å². The van der Waals surface area contributed by atoms with Gasteiger partial charge in [-0.05, 0) is 30.3 Å². The first-order chi connectivity index (χ1) is 12.6. The Morgan fingerprint density at radius 2 is 1.96 bits per heavy atom. The largest absolute Gasteiger partial charge is 0.463 e. The lowest BCUT2D eigenvalue weighted by Crippen LogP contribution is -2.29. The molecule has 1 amide bonds. The minimum absolute atomic E-state index is 0.0641. The van der Waals surface area contributed by atoms with Crippen LogP contribution in [0.4, 0.5) is 5.69 Å². The molecule has 1 aliphatic rings. The molecule has 3 aromatic rings. The topological polar surface area (TPSA) is 77.3 Å². The molecule has 2 heterocycles. The molecule has 2 aromatic carbocycles. The summed E-state index contributed by atoms with van der Waals surface area (Å²) in [5.74, 6) is -0.478. The van der Waals surface area contributed by atoms with Gasteiger partial charge in [-0.1, -0.05) is 29.8 Å². The van der Waals surface area contributed by atoms with Crippen molar-refractivity contribution in [2.75, 3.05) is 12.0 Å². The summed E-state index contributed by atoms with van der Waals surface area (Å²) in [7, 11) is 1.27. The summed E-state index contributed by atoms with van der Waals surface area (Å²) >= 11 is 6.10. The Morgan fingerprint density at radius 3 is 2.69 bits per heavy atom. The Labute approximate surface area is 153 Å². The van der Waals surface area contributed by atoms with Crippen LogP contribution in [0.25, 0.3) is 5.69 Å². The number of carbonyl (C=O) groups excluding carboxylic acids is 2. The number of methoxy groups -OCH3 is 1. The van der Waals surface area contributed by atoms with E-state index in [4.69, 9.17) is 16.3 Å². The van der Waals surface area contributed by atoms with Crippen molar-refractivity contribution in [2.45, 2.75) is 6.54 Å². The lowest BCUT2D eigenvalue weighted by Gasteiger charge is -2.20. The third-order valence-electron chi connectivity index (χ3n) is 4.07. The van der Waals surface area contributed by atoms with E-state index in [1.54, 1.807) is 23.1 Å². The van der Waals surface area contributed by atoms with E-state index in [0.717, 1.165) is 0 Å². The number of fused-ring (bicyclic) bond motifs is 3. The van der Waals surface area contributed by atoms with Crippen LogP contribution in [0.3, 0.4) is 0 Å². The van der Waals surface area contributed by atoms with Gasteiger partial charge in [0.1, 0.15) is 0 Å². The zero-order chi connectivity index (χ0) is 18.3. The highest BCUT2D eigenvalue weighted by atomic mass is 35.5. The molecular formula is C18H13ClN4O3. The molecule has 0 atom stereocenters. The maximum Gasteiger partial charge on any atom is 0.377 e. The highest BCUT2D eigenvalue weighted by Crippen LogP contribution is 2.29. The highest BCUT2D eigenvalue weighted by Gasteiger charge is 2.30. The normalized spacial score (nSPS) is 13.0. The number of nitrogens with zero attached hydrogens (tertiary/aromatic N) is 4. The molecule has 26 heavy (non-hydrogen) atoms. The van der Waals surface area contributed by atoms with E-state index >= 15 is 0 Å². The number of hydrogen-bond donors (Lipinski definition) is 0. The summed E-state index contributed by atoms with van der Waals surface area (Å²) in [6, 6.07) is 14.1. The molecule has 1 aliphatic heterocycles. The summed E-state index contributed by atoms with van der Waals surface area (Å²) in [5.41, 5.74) is 1.59. The highest BCUT2D eigenvalue weighted by molar-refractivity contribution is 6.31. The average molecular weight is 369 g/mol. The van der Waals surface area contributed by atoms with Crippen LogP contribution in [-0.4, -0.2) is 33.8 Å². The SMILES string of the molecule is COC(=O)c1nc2n(n1)-c1ccc(Cl)cc1C(=O)N(c1ccccc1)C2. The molecule has 130 valence electrons. The van der Waals surface area contributed by atoms with Gasteiger partial charge in [0.15, 0.2) is 5.82 Å². The molecule has 0 saturated heterocycles. The number of amides is 1. The van der Waals surface area contributed by atoms with E-state index in [-0.39, 0.29) is 18.3 Å². The number of ether oxygens (including phenoxy) is 1. The molecule has 0 bridgehead atoms. The van der Waals surface area contributed by atoms with Gasteiger partial charge in [-0.2, -0.15) is 0 Å². The Hall–Kier alpha value is -3.19. The van der Waals surface area contributed by atoms with Crippen molar-refractivity contribution in [3.63, 3.8) is 0 Å². The van der Waals surface area contributed by atoms with Gasteiger partial charge in [-0.15, -0.1) is 5.10 Å². The first kappa shape index (κ1) is 16.3. The smallest absolute Gasteiger partial charge is 0.377 e. The Balaban J connectivity index is 1.93. The average Bonchev–Trinajstić information content (AvgIpc) is 3.05. The van der Waals surface area contributed by atoms with Crippen LogP contribution in [0.2, 0.25) is 5.02 Å². The fourth-order valence-corrected chi connectivity index (χ4v) is 3.03. The van der Waals surface area contributed by atoms with Crippen molar-refractivity contribution >= 4 is 29.2 Å². The zero-order valence-electron chi connectivity index (χ0n) is 13.7. The molecular weight excluding hydrogens is 356 g/mol. The summed E-state index contributed by atoms with van der Waals surface area (Å²) in [4.78, 5) is 30.8. The van der Waals surface area contributed by atoms with Crippen LogP contribution in [0.15, 0.2) is 48.5 Å². The van der Waals surface area contributed by atoms with Gasteiger partial charge in [0.2, 0.25) is 0 Å². The maximum atomic E-state index is 13.1. The van der Waals surface area contributed by atoms with Gasteiger partial charge in [0.05, 0.1) is 24.9 Å². The lowest BCUT2D eigenvalue weighted by molar-refractivity contribution is 0.0586. The molecule has 0 aliphatic carbocycles. The van der Waals surface area contributed by atoms with Gasteiger partial charge in [0.25, 0.3) is 11.7 Å². The predicted octanol–water partition coefficient (Wildman–Crippen LogP) is 2.87. The number of hydrogen-bond acceptors (Lipinski definition) is 5. The molecule has 0 spiro atoms. The number of rotatable bonds is 2. The van der Waals surface area contributed by atoms with E-state index in [9.17, 15) is 9.59 Å². The Kier molecular flexibility index (Phi) is 3.93. The number of esters is 1. The molecule has 0 N–H and O–H groups in total. The molecule has 0 radical (unpaired) electrons. The second-order valence-corrected chi connectivity index (χ2v) is 6.08. The van der Waals surface area contributed by atoms with E-state index in [1.165, 1.54) is 11.8 Å². The van der Waals surface area contributed by atoms with E-state index in [0.29, 0.717) is 27.8 Å². The maximum absolute atomic E-state index is 13.1. The van der Waals surface area contributed by atoms with Crippen molar-refractivity contribution in [2.24, 2.45) is 0 Å². The standard InChI is InChI=1S/C18H13ClN4O3/c1-26-18(25)16-20-15-10-22(12-5-3-2-4-6-12)17(24)13-9-11(19)7-8-14(13)23(15)21-16/h2-9H,10H2,1H3.